The van der Waals surface area contributed by atoms with Crippen molar-refractivity contribution in [1.82, 2.24) is 19.7 Å². The fraction of sp³-hybridized carbons (Fsp3) is 0.400. The Morgan fingerprint density at radius 3 is 2.73 bits per heavy atom. The van der Waals surface area contributed by atoms with Crippen LogP contribution < -0.4 is 10.9 Å². The van der Waals surface area contributed by atoms with Crippen molar-refractivity contribution in [3.05, 3.63) is 40.1 Å². The van der Waals surface area contributed by atoms with Crippen molar-refractivity contribution in [3.63, 3.8) is 0 Å². The number of nitrogens with one attached hydrogen (secondary N) is 1. The normalized spacial score (nSPS) is 16.9. The number of carbonyl (C=O) groups is 1. The van der Waals surface area contributed by atoms with E-state index in [0.717, 1.165) is 30.4 Å². The maximum atomic E-state index is 12.5. The van der Waals surface area contributed by atoms with E-state index in [1.165, 1.54) is 24.0 Å². The molecule has 1 atom stereocenters. The number of nitrogens with zero attached hydrogens (tertiary/aromatic N) is 4. The average molecular weight is 299 g/mol. The van der Waals surface area contributed by atoms with Crippen LogP contribution in [0.4, 0.5) is 5.69 Å². The van der Waals surface area contributed by atoms with Crippen LogP contribution in [0, 0.1) is 5.92 Å². The van der Waals surface area contributed by atoms with E-state index in [1.54, 1.807) is 6.20 Å². The van der Waals surface area contributed by atoms with Gasteiger partial charge in [-0.25, -0.2) is 9.97 Å². The van der Waals surface area contributed by atoms with Crippen LogP contribution in [0.3, 0.4) is 0 Å². The van der Waals surface area contributed by atoms with Crippen molar-refractivity contribution < 1.29 is 4.79 Å². The monoisotopic (exact) mass is 299 g/mol. The van der Waals surface area contributed by atoms with Crippen LogP contribution in [0.1, 0.15) is 31.4 Å². The molecule has 0 radical (unpaired) electrons. The number of carbonyl (C=O) groups excluding carboxylic acids is 1. The van der Waals surface area contributed by atoms with E-state index >= 15 is 0 Å². The highest BCUT2D eigenvalue weighted by Gasteiger charge is 2.20. The quantitative estimate of drug-likeness (QED) is 0.897. The van der Waals surface area contributed by atoms with Crippen molar-refractivity contribution in [1.29, 1.82) is 0 Å². The van der Waals surface area contributed by atoms with E-state index < -0.39 is 0 Å². The SMILES string of the molecule is CC(=O)Nc1cnc(-n2ncc3c(c2=O)CCC(C)C3)nc1. The van der Waals surface area contributed by atoms with Crippen molar-refractivity contribution in [3.8, 4) is 5.95 Å². The number of hydrogen-bond acceptors (Lipinski definition) is 5. The molecule has 7 heteroatoms. The molecular formula is C15H17N5O2. The summed E-state index contributed by atoms with van der Waals surface area (Å²) in [7, 11) is 0. The highest BCUT2D eigenvalue weighted by atomic mass is 16.1. The molecule has 1 aliphatic rings. The first-order valence-corrected chi connectivity index (χ1v) is 7.24. The lowest BCUT2D eigenvalue weighted by Crippen LogP contribution is -2.30. The Balaban J connectivity index is 1.95. The lowest BCUT2D eigenvalue weighted by molar-refractivity contribution is -0.114. The molecule has 2 aromatic heterocycles. The Bertz CT molecular complexity index is 766. The minimum Gasteiger partial charge on any atom is -0.324 e. The number of aromatic nitrogens is 4. The van der Waals surface area contributed by atoms with Gasteiger partial charge in [-0.1, -0.05) is 6.92 Å². The zero-order chi connectivity index (χ0) is 15.7. The summed E-state index contributed by atoms with van der Waals surface area (Å²) in [5.41, 5.74) is 2.16. The van der Waals surface area contributed by atoms with Crippen molar-refractivity contribution in [2.24, 2.45) is 5.92 Å². The summed E-state index contributed by atoms with van der Waals surface area (Å²) < 4.78 is 1.21. The van der Waals surface area contributed by atoms with Gasteiger partial charge in [-0.2, -0.15) is 9.78 Å². The van der Waals surface area contributed by atoms with Gasteiger partial charge in [0, 0.05) is 12.5 Å². The van der Waals surface area contributed by atoms with Crippen LogP contribution in [0.15, 0.2) is 23.4 Å². The van der Waals surface area contributed by atoms with E-state index in [9.17, 15) is 9.59 Å². The van der Waals surface area contributed by atoms with E-state index in [0.29, 0.717) is 11.6 Å². The van der Waals surface area contributed by atoms with Crippen molar-refractivity contribution >= 4 is 11.6 Å². The van der Waals surface area contributed by atoms with Gasteiger partial charge < -0.3 is 5.32 Å². The number of rotatable bonds is 2. The number of amides is 1. The number of fused-ring (bicyclic) bond motifs is 1. The van der Waals surface area contributed by atoms with E-state index in [4.69, 9.17) is 0 Å². The third-order valence-corrected chi connectivity index (χ3v) is 3.77. The molecule has 1 aliphatic carbocycles. The summed E-state index contributed by atoms with van der Waals surface area (Å²) in [5, 5.41) is 6.76. The molecule has 2 aromatic rings. The summed E-state index contributed by atoms with van der Waals surface area (Å²) >= 11 is 0. The third kappa shape index (κ3) is 2.74. The molecule has 7 nitrogen and oxygen atoms in total. The fourth-order valence-corrected chi connectivity index (χ4v) is 2.68. The van der Waals surface area contributed by atoms with Crippen LogP contribution in [0.25, 0.3) is 5.95 Å². The predicted molar refractivity (Wildman–Crippen MR) is 80.9 cm³/mol. The third-order valence-electron chi connectivity index (χ3n) is 3.77. The highest BCUT2D eigenvalue weighted by Crippen LogP contribution is 2.22. The van der Waals surface area contributed by atoms with Crippen LogP contribution in [0.5, 0.6) is 0 Å². The first-order valence-electron chi connectivity index (χ1n) is 7.24. The van der Waals surface area contributed by atoms with Crippen LogP contribution in [0.2, 0.25) is 0 Å². The van der Waals surface area contributed by atoms with Crippen LogP contribution >= 0.6 is 0 Å². The Kier molecular flexibility index (Phi) is 3.70. The number of hydrogen-bond donors (Lipinski definition) is 1. The summed E-state index contributed by atoms with van der Waals surface area (Å²) in [6.45, 7) is 3.59. The molecule has 0 aromatic carbocycles. The minimum absolute atomic E-state index is 0.156. The maximum absolute atomic E-state index is 12.5. The smallest absolute Gasteiger partial charge is 0.277 e. The molecule has 0 fully saturated rings. The highest BCUT2D eigenvalue weighted by molar-refractivity contribution is 5.88. The average Bonchev–Trinajstić information content (AvgIpc) is 2.48. The molecule has 114 valence electrons. The van der Waals surface area contributed by atoms with E-state index in [1.807, 2.05) is 0 Å². The largest absolute Gasteiger partial charge is 0.324 e. The molecule has 1 amide bonds. The van der Waals surface area contributed by atoms with Gasteiger partial charge in [0.2, 0.25) is 5.91 Å². The van der Waals surface area contributed by atoms with E-state index in [-0.39, 0.29) is 17.4 Å². The first kappa shape index (κ1) is 14.4. The molecule has 0 saturated heterocycles. The zero-order valence-corrected chi connectivity index (χ0v) is 12.5. The second-order valence-corrected chi connectivity index (χ2v) is 5.67. The Morgan fingerprint density at radius 1 is 1.32 bits per heavy atom. The predicted octanol–water partition coefficient (Wildman–Crippen LogP) is 1.11. The Labute approximate surface area is 127 Å². The summed E-state index contributed by atoms with van der Waals surface area (Å²) in [4.78, 5) is 31.7. The summed E-state index contributed by atoms with van der Waals surface area (Å²) in [6, 6.07) is 0. The van der Waals surface area contributed by atoms with Gasteiger partial charge in [0.1, 0.15) is 0 Å². The lowest BCUT2D eigenvalue weighted by Gasteiger charge is -2.20. The first-order chi connectivity index (χ1) is 10.5. The lowest BCUT2D eigenvalue weighted by atomic mass is 9.87. The Hall–Kier alpha value is -2.57. The second kappa shape index (κ2) is 5.67. The standard InChI is InChI=1S/C15H17N5O2/c1-9-3-4-13-11(5-9)6-18-20(14(13)22)15-16-7-12(8-17-15)19-10(2)21/h6-9H,3-5H2,1-2H3,(H,19,21). The molecule has 22 heavy (non-hydrogen) atoms. The molecule has 1 unspecified atom stereocenters. The maximum Gasteiger partial charge on any atom is 0.277 e. The molecule has 2 heterocycles. The Morgan fingerprint density at radius 2 is 2.05 bits per heavy atom. The van der Waals surface area contributed by atoms with Gasteiger partial charge in [0.15, 0.2) is 0 Å². The fourth-order valence-electron chi connectivity index (χ4n) is 2.68. The summed E-state index contributed by atoms with van der Waals surface area (Å²) in [6.07, 6.45) is 7.31. The topological polar surface area (TPSA) is 89.8 Å². The summed E-state index contributed by atoms with van der Waals surface area (Å²) in [5.74, 6) is 0.591. The van der Waals surface area contributed by atoms with Gasteiger partial charge in [0.05, 0.1) is 24.3 Å². The molecule has 3 rings (SSSR count). The molecular weight excluding hydrogens is 282 g/mol. The van der Waals surface area contributed by atoms with Gasteiger partial charge >= 0.3 is 0 Å². The van der Waals surface area contributed by atoms with E-state index in [2.05, 4.69) is 27.3 Å². The minimum atomic E-state index is -0.199. The van der Waals surface area contributed by atoms with Crippen LogP contribution in [-0.4, -0.2) is 25.7 Å². The molecule has 0 spiro atoms. The second-order valence-electron chi connectivity index (χ2n) is 5.67. The van der Waals surface area contributed by atoms with Crippen molar-refractivity contribution in [2.75, 3.05) is 5.32 Å². The van der Waals surface area contributed by atoms with Gasteiger partial charge in [-0.05, 0) is 30.7 Å². The van der Waals surface area contributed by atoms with Crippen LogP contribution in [-0.2, 0) is 17.6 Å². The van der Waals surface area contributed by atoms with Gasteiger partial charge in [-0.3, -0.25) is 9.59 Å². The molecule has 0 bridgehead atoms. The van der Waals surface area contributed by atoms with Gasteiger partial charge in [-0.15, -0.1) is 0 Å². The van der Waals surface area contributed by atoms with Crippen molar-refractivity contribution in [2.45, 2.75) is 33.1 Å². The number of anilines is 1. The van der Waals surface area contributed by atoms with Gasteiger partial charge in [0.25, 0.3) is 11.5 Å². The molecule has 0 aliphatic heterocycles. The zero-order valence-electron chi connectivity index (χ0n) is 12.5. The molecule has 1 N–H and O–H groups in total. The molecule has 0 saturated carbocycles.